The summed E-state index contributed by atoms with van der Waals surface area (Å²) in [6.45, 7) is 3.78. The molecule has 238 valence electrons. The summed E-state index contributed by atoms with van der Waals surface area (Å²) in [5.41, 5.74) is -16.3. The van der Waals surface area contributed by atoms with Crippen molar-refractivity contribution in [1.82, 2.24) is 0 Å². The molecule has 1 N–H and O–H groups in total. The summed E-state index contributed by atoms with van der Waals surface area (Å²) in [6.07, 6.45) is -29.3. The van der Waals surface area contributed by atoms with Crippen LogP contribution in [0.4, 0.5) is 52.7 Å². The first kappa shape index (κ1) is 36.5. The molecular formula is C23H26F12O6. The van der Waals surface area contributed by atoms with Gasteiger partial charge in [0.1, 0.15) is 0 Å². The summed E-state index contributed by atoms with van der Waals surface area (Å²) < 4.78 is 178. The van der Waals surface area contributed by atoms with Crippen molar-refractivity contribution in [3.05, 3.63) is 24.8 Å². The highest BCUT2D eigenvalue weighted by Gasteiger charge is 2.81. The highest BCUT2D eigenvalue weighted by molar-refractivity contribution is 5.88. The van der Waals surface area contributed by atoms with Crippen LogP contribution in [-0.4, -0.2) is 71.3 Å². The number of carbonyl (C=O) groups is 2. The summed E-state index contributed by atoms with van der Waals surface area (Å²) in [5.74, 6) is -5.83. The minimum Gasteiger partial charge on any atom is -0.455 e. The summed E-state index contributed by atoms with van der Waals surface area (Å²) in [7, 11) is 0. The van der Waals surface area contributed by atoms with Crippen LogP contribution in [0.15, 0.2) is 24.8 Å². The number of hydrogen-bond acceptors (Lipinski definition) is 6. The molecule has 0 amide bonds. The van der Waals surface area contributed by atoms with Gasteiger partial charge in [0, 0.05) is 6.08 Å². The third-order valence-electron chi connectivity index (χ3n) is 6.51. The van der Waals surface area contributed by atoms with Gasteiger partial charge in [-0.05, 0) is 32.6 Å². The van der Waals surface area contributed by atoms with Crippen LogP contribution in [0.25, 0.3) is 0 Å². The van der Waals surface area contributed by atoms with Crippen LogP contribution in [0.3, 0.4) is 0 Å². The Morgan fingerprint density at radius 2 is 1.29 bits per heavy atom. The molecule has 0 aromatic rings. The first-order valence-electron chi connectivity index (χ1n) is 11.6. The van der Waals surface area contributed by atoms with E-state index in [1.165, 1.54) is 0 Å². The van der Waals surface area contributed by atoms with Crippen LogP contribution in [0.1, 0.15) is 46.0 Å². The second-order valence-corrected chi connectivity index (χ2v) is 9.69. The van der Waals surface area contributed by atoms with E-state index in [0.29, 0.717) is 6.42 Å². The first-order chi connectivity index (χ1) is 18.2. The van der Waals surface area contributed by atoms with Gasteiger partial charge in [-0.25, -0.2) is 9.59 Å². The van der Waals surface area contributed by atoms with Gasteiger partial charge in [-0.2, -0.15) is 52.7 Å². The van der Waals surface area contributed by atoms with Gasteiger partial charge in [0.25, 0.3) is 11.2 Å². The average molecular weight is 626 g/mol. The number of alkyl halides is 12. The molecule has 0 aromatic heterocycles. The van der Waals surface area contributed by atoms with Gasteiger partial charge in [-0.3, -0.25) is 0 Å². The second-order valence-electron chi connectivity index (χ2n) is 9.69. The number of carbonyl (C=O) groups excluding carboxylic acids is 2. The van der Waals surface area contributed by atoms with Gasteiger partial charge in [-0.15, -0.1) is 0 Å². The predicted molar refractivity (Wildman–Crippen MR) is 114 cm³/mol. The molecular weight excluding hydrogens is 600 g/mol. The lowest BCUT2D eigenvalue weighted by atomic mass is 9.77. The molecule has 1 aliphatic rings. The Bertz CT molecular complexity index is 944. The zero-order valence-corrected chi connectivity index (χ0v) is 21.4. The van der Waals surface area contributed by atoms with Gasteiger partial charge < -0.3 is 19.3 Å². The SMILES string of the molecule is C=CC(=O)OC(C)(C)C(OCC(=C)C(=O)OC(C1CCCCC1)C(O)(C(F)(F)F)C(F)(F)F)(C(F)(F)F)C(F)(F)F. The monoisotopic (exact) mass is 626 g/mol. The van der Waals surface area contributed by atoms with E-state index in [4.69, 9.17) is 0 Å². The summed E-state index contributed by atoms with van der Waals surface area (Å²) >= 11 is 0. The van der Waals surface area contributed by atoms with Gasteiger partial charge >= 0.3 is 36.6 Å². The minimum atomic E-state index is -6.48. The number of aliphatic hydroxyl groups is 1. The first-order valence-corrected chi connectivity index (χ1v) is 11.6. The van der Waals surface area contributed by atoms with Crippen molar-refractivity contribution in [2.75, 3.05) is 6.61 Å². The summed E-state index contributed by atoms with van der Waals surface area (Å²) in [5, 5.41) is 9.87. The molecule has 0 spiro atoms. The Labute approximate surface area is 225 Å². The van der Waals surface area contributed by atoms with Crippen molar-refractivity contribution in [2.45, 2.75) is 93.6 Å². The lowest BCUT2D eigenvalue weighted by molar-refractivity contribution is -0.417. The molecule has 41 heavy (non-hydrogen) atoms. The van der Waals surface area contributed by atoms with Crippen LogP contribution < -0.4 is 0 Å². The molecule has 0 heterocycles. The van der Waals surface area contributed by atoms with Crippen LogP contribution in [0, 0.1) is 5.92 Å². The molecule has 0 radical (unpaired) electrons. The van der Waals surface area contributed by atoms with Gasteiger partial charge in [0.15, 0.2) is 11.7 Å². The Morgan fingerprint density at radius 3 is 1.66 bits per heavy atom. The van der Waals surface area contributed by atoms with E-state index in [-0.39, 0.29) is 32.8 Å². The van der Waals surface area contributed by atoms with Crippen molar-refractivity contribution in [3.63, 3.8) is 0 Å². The van der Waals surface area contributed by atoms with Crippen molar-refractivity contribution in [2.24, 2.45) is 5.92 Å². The van der Waals surface area contributed by atoms with Crippen molar-refractivity contribution in [3.8, 4) is 0 Å². The zero-order chi connectivity index (χ0) is 32.5. The lowest BCUT2D eigenvalue weighted by Gasteiger charge is -2.46. The standard InChI is InChI=1S/C23H26F12O6/c1-5-14(36)41-17(3,4)19(22(30,31)32,23(33,34)35)39-11-12(2)16(37)40-15(13-9-7-6-8-10-13)18(38,20(24,25)26)21(27,28)29/h5,13,15,38H,1-2,6-11H2,3-4H3. The Hall–Kier alpha value is -2.50. The van der Waals surface area contributed by atoms with E-state index in [2.05, 4.69) is 27.4 Å². The van der Waals surface area contributed by atoms with Crippen LogP contribution >= 0.6 is 0 Å². The Balaban J connectivity index is 3.50. The predicted octanol–water partition coefficient (Wildman–Crippen LogP) is 6.28. The maximum absolute atomic E-state index is 14.0. The quantitative estimate of drug-likeness (QED) is 0.175. The number of esters is 2. The third-order valence-corrected chi connectivity index (χ3v) is 6.51. The Morgan fingerprint density at radius 1 is 0.854 bits per heavy atom. The van der Waals surface area contributed by atoms with Gasteiger partial charge in [-0.1, -0.05) is 32.4 Å². The molecule has 1 aliphatic carbocycles. The highest BCUT2D eigenvalue weighted by atomic mass is 19.4. The maximum atomic E-state index is 14.0. The topological polar surface area (TPSA) is 82.1 Å². The average Bonchev–Trinajstić information content (AvgIpc) is 2.78. The van der Waals surface area contributed by atoms with Crippen molar-refractivity contribution in [1.29, 1.82) is 0 Å². The molecule has 1 fully saturated rings. The number of ether oxygens (including phenoxy) is 3. The van der Waals surface area contributed by atoms with Gasteiger partial charge in [0.2, 0.25) is 0 Å². The molecule has 0 saturated heterocycles. The number of rotatable bonds is 10. The third kappa shape index (κ3) is 7.11. The number of hydrogen-bond donors (Lipinski definition) is 1. The van der Waals surface area contributed by atoms with Crippen LogP contribution in [0.2, 0.25) is 0 Å². The maximum Gasteiger partial charge on any atom is 0.430 e. The molecule has 6 nitrogen and oxygen atoms in total. The lowest BCUT2D eigenvalue weighted by Crippen LogP contribution is -2.71. The summed E-state index contributed by atoms with van der Waals surface area (Å²) in [6, 6.07) is 0. The second kappa shape index (κ2) is 12.0. The highest BCUT2D eigenvalue weighted by Crippen LogP contribution is 2.54. The van der Waals surface area contributed by atoms with E-state index in [0.717, 1.165) is 0 Å². The van der Waals surface area contributed by atoms with Crippen LogP contribution in [-0.2, 0) is 23.8 Å². The Kier molecular flexibility index (Phi) is 10.7. The fourth-order valence-corrected chi connectivity index (χ4v) is 4.44. The molecule has 0 bridgehead atoms. The van der Waals surface area contributed by atoms with E-state index in [1.54, 1.807) is 0 Å². The van der Waals surface area contributed by atoms with Crippen molar-refractivity contribution < 1.29 is 81.6 Å². The normalized spacial score (nSPS) is 17.5. The minimum absolute atomic E-state index is 0.0623. The molecule has 0 aliphatic heterocycles. The zero-order valence-electron chi connectivity index (χ0n) is 21.4. The van der Waals surface area contributed by atoms with E-state index in [9.17, 15) is 67.4 Å². The molecule has 0 aromatic carbocycles. The van der Waals surface area contributed by atoms with E-state index in [1.807, 2.05) is 0 Å². The molecule has 1 rings (SSSR count). The van der Waals surface area contributed by atoms with E-state index < -0.39 is 90.5 Å². The van der Waals surface area contributed by atoms with E-state index >= 15 is 0 Å². The van der Waals surface area contributed by atoms with Crippen LogP contribution in [0.5, 0.6) is 0 Å². The molecule has 1 saturated carbocycles. The molecule has 18 heteroatoms. The molecule has 1 atom stereocenters. The summed E-state index contributed by atoms with van der Waals surface area (Å²) in [4.78, 5) is 24.0. The fourth-order valence-electron chi connectivity index (χ4n) is 4.44. The van der Waals surface area contributed by atoms with Gasteiger partial charge in [0.05, 0.1) is 12.2 Å². The number of halogens is 12. The van der Waals surface area contributed by atoms with Crippen molar-refractivity contribution >= 4 is 11.9 Å². The largest absolute Gasteiger partial charge is 0.455 e. The smallest absolute Gasteiger partial charge is 0.430 e. The fraction of sp³-hybridized carbons (Fsp3) is 0.739. The molecule has 1 unspecified atom stereocenters.